The first-order chi connectivity index (χ1) is 3.93. The molecule has 0 aromatic carbocycles. The minimum Gasteiger partial charge on any atom is -0.152 e. The fourth-order valence-electron chi connectivity index (χ4n) is 0.724. The summed E-state index contributed by atoms with van der Waals surface area (Å²) >= 11 is 1.78. The topological polar surface area (TPSA) is 0 Å². The summed E-state index contributed by atoms with van der Waals surface area (Å²) in [6.45, 7) is 2.21. The van der Waals surface area contributed by atoms with Crippen molar-refractivity contribution in [3.8, 4) is 0 Å². The first-order valence-electron chi connectivity index (χ1n) is 2.94. The zero-order valence-corrected chi connectivity index (χ0v) is 5.87. The highest BCUT2D eigenvalue weighted by molar-refractivity contribution is 7.07. The van der Waals surface area contributed by atoms with E-state index in [2.05, 4.69) is 23.8 Å². The standard InChI is InChI=1S/C7H10S/c1-2-3-7-4-5-8-6-7/h4-6H,2-3H2,1H3. The maximum atomic E-state index is 2.21. The molecule has 0 unspecified atom stereocenters. The largest absolute Gasteiger partial charge is 0.152 e. The average molecular weight is 126 g/mol. The molecule has 0 fully saturated rings. The average Bonchev–Trinajstić information content (AvgIpc) is 2.19. The van der Waals surface area contributed by atoms with Crippen LogP contribution in [0.2, 0.25) is 0 Å². The van der Waals surface area contributed by atoms with E-state index in [0.29, 0.717) is 0 Å². The summed E-state index contributed by atoms with van der Waals surface area (Å²) in [7, 11) is 0. The third-order valence-corrected chi connectivity index (χ3v) is 1.85. The summed E-state index contributed by atoms with van der Waals surface area (Å²) in [6.07, 6.45) is 2.50. The zero-order chi connectivity index (χ0) is 5.82. The van der Waals surface area contributed by atoms with E-state index in [-0.39, 0.29) is 0 Å². The van der Waals surface area contributed by atoms with Crippen molar-refractivity contribution in [2.75, 3.05) is 0 Å². The van der Waals surface area contributed by atoms with Crippen molar-refractivity contribution in [1.82, 2.24) is 0 Å². The van der Waals surface area contributed by atoms with E-state index >= 15 is 0 Å². The van der Waals surface area contributed by atoms with Crippen molar-refractivity contribution >= 4 is 11.3 Å². The Morgan fingerprint density at radius 3 is 3.00 bits per heavy atom. The Kier molecular flexibility index (Phi) is 2.10. The summed E-state index contributed by atoms with van der Waals surface area (Å²) in [4.78, 5) is 0. The second kappa shape index (κ2) is 2.88. The second-order valence-electron chi connectivity index (χ2n) is 1.88. The molecule has 1 aromatic rings. The first kappa shape index (κ1) is 5.83. The summed E-state index contributed by atoms with van der Waals surface area (Å²) in [5, 5.41) is 4.34. The highest BCUT2D eigenvalue weighted by atomic mass is 32.1. The Morgan fingerprint density at radius 2 is 2.50 bits per heavy atom. The monoisotopic (exact) mass is 126 g/mol. The predicted molar refractivity (Wildman–Crippen MR) is 38.3 cm³/mol. The SMILES string of the molecule is CCCc1ccsc1. The van der Waals surface area contributed by atoms with Gasteiger partial charge in [-0.15, -0.1) is 0 Å². The van der Waals surface area contributed by atoms with Crippen LogP contribution >= 0.6 is 11.3 Å². The molecule has 0 N–H and O–H groups in total. The number of aryl methyl sites for hydroxylation is 1. The number of thiophene rings is 1. The van der Waals surface area contributed by atoms with Crippen molar-refractivity contribution in [2.45, 2.75) is 19.8 Å². The normalized spacial score (nSPS) is 9.62. The van der Waals surface area contributed by atoms with Gasteiger partial charge >= 0.3 is 0 Å². The molecule has 1 heteroatoms. The van der Waals surface area contributed by atoms with Crippen molar-refractivity contribution < 1.29 is 0 Å². The molecule has 0 aliphatic rings. The molecule has 0 nitrogen and oxygen atoms in total. The van der Waals surface area contributed by atoms with Gasteiger partial charge in [0.25, 0.3) is 0 Å². The van der Waals surface area contributed by atoms with Crippen LogP contribution in [-0.2, 0) is 6.42 Å². The lowest BCUT2D eigenvalue weighted by molar-refractivity contribution is 0.927. The van der Waals surface area contributed by atoms with E-state index in [1.165, 1.54) is 18.4 Å². The Hall–Kier alpha value is -0.300. The molecule has 0 amide bonds. The summed E-state index contributed by atoms with van der Waals surface area (Å²) in [5.74, 6) is 0. The number of hydrogen-bond donors (Lipinski definition) is 0. The van der Waals surface area contributed by atoms with Crippen molar-refractivity contribution in [1.29, 1.82) is 0 Å². The molecule has 8 heavy (non-hydrogen) atoms. The number of rotatable bonds is 2. The molecule has 0 spiro atoms. The van der Waals surface area contributed by atoms with Gasteiger partial charge in [0.15, 0.2) is 0 Å². The molecule has 0 atom stereocenters. The van der Waals surface area contributed by atoms with E-state index in [1.807, 2.05) is 0 Å². The summed E-state index contributed by atoms with van der Waals surface area (Å²) in [5.41, 5.74) is 1.48. The Bertz CT molecular complexity index is 130. The fourth-order valence-corrected chi connectivity index (χ4v) is 1.43. The van der Waals surface area contributed by atoms with Crippen LogP contribution < -0.4 is 0 Å². The van der Waals surface area contributed by atoms with Gasteiger partial charge in [-0.1, -0.05) is 13.3 Å². The molecule has 0 aliphatic heterocycles. The minimum absolute atomic E-state index is 1.24. The van der Waals surface area contributed by atoms with E-state index < -0.39 is 0 Å². The Labute approximate surface area is 54.2 Å². The molecule has 0 bridgehead atoms. The van der Waals surface area contributed by atoms with E-state index in [9.17, 15) is 0 Å². The van der Waals surface area contributed by atoms with Crippen molar-refractivity contribution in [3.63, 3.8) is 0 Å². The molecule has 0 saturated heterocycles. The van der Waals surface area contributed by atoms with Crippen LogP contribution in [0, 0.1) is 0 Å². The van der Waals surface area contributed by atoms with E-state index in [4.69, 9.17) is 0 Å². The quantitative estimate of drug-likeness (QED) is 0.571. The fraction of sp³-hybridized carbons (Fsp3) is 0.429. The molecule has 44 valence electrons. The third kappa shape index (κ3) is 1.34. The summed E-state index contributed by atoms with van der Waals surface area (Å²) < 4.78 is 0. The van der Waals surface area contributed by atoms with Crippen molar-refractivity contribution in [2.24, 2.45) is 0 Å². The highest BCUT2D eigenvalue weighted by Crippen LogP contribution is 2.07. The lowest BCUT2D eigenvalue weighted by atomic mass is 10.2. The van der Waals surface area contributed by atoms with Crippen LogP contribution in [0.25, 0.3) is 0 Å². The van der Waals surface area contributed by atoms with Crippen LogP contribution in [0.3, 0.4) is 0 Å². The highest BCUT2D eigenvalue weighted by Gasteiger charge is 1.86. The maximum absolute atomic E-state index is 2.21. The Balaban J connectivity index is 2.50. The molecule has 1 heterocycles. The predicted octanol–water partition coefficient (Wildman–Crippen LogP) is 2.70. The molecule has 1 aromatic heterocycles. The van der Waals surface area contributed by atoms with Gasteiger partial charge in [0, 0.05) is 0 Å². The molecule has 0 saturated carbocycles. The Morgan fingerprint density at radius 1 is 1.62 bits per heavy atom. The minimum atomic E-state index is 1.24. The maximum Gasteiger partial charge on any atom is -0.00613 e. The van der Waals surface area contributed by atoms with Crippen LogP contribution in [-0.4, -0.2) is 0 Å². The molecule has 0 radical (unpaired) electrons. The van der Waals surface area contributed by atoms with Gasteiger partial charge in [0.2, 0.25) is 0 Å². The van der Waals surface area contributed by atoms with E-state index in [0.717, 1.165) is 0 Å². The first-order valence-corrected chi connectivity index (χ1v) is 3.89. The van der Waals surface area contributed by atoms with Gasteiger partial charge in [-0.25, -0.2) is 0 Å². The van der Waals surface area contributed by atoms with Gasteiger partial charge < -0.3 is 0 Å². The van der Waals surface area contributed by atoms with Crippen LogP contribution in [0.15, 0.2) is 16.8 Å². The summed E-state index contributed by atoms with van der Waals surface area (Å²) in [6, 6.07) is 2.19. The van der Waals surface area contributed by atoms with Gasteiger partial charge in [-0.05, 0) is 28.8 Å². The molecular formula is C7H10S. The van der Waals surface area contributed by atoms with Crippen LogP contribution in [0.1, 0.15) is 18.9 Å². The molecule has 0 aliphatic carbocycles. The van der Waals surface area contributed by atoms with Crippen LogP contribution in [0.4, 0.5) is 0 Å². The lowest BCUT2D eigenvalue weighted by Crippen LogP contribution is -1.73. The number of hydrogen-bond acceptors (Lipinski definition) is 1. The van der Waals surface area contributed by atoms with Gasteiger partial charge in [0.05, 0.1) is 0 Å². The van der Waals surface area contributed by atoms with Gasteiger partial charge in [-0.3, -0.25) is 0 Å². The van der Waals surface area contributed by atoms with Gasteiger partial charge in [0.1, 0.15) is 0 Å². The molecule has 1 rings (SSSR count). The third-order valence-electron chi connectivity index (χ3n) is 1.12. The van der Waals surface area contributed by atoms with Gasteiger partial charge in [-0.2, -0.15) is 11.3 Å². The van der Waals surface area contributed by atoms with Crippen molar-refractivity contribution in [3.05, 3.63) is 22.4 Å². The second-order valence-corrected chi connectivity index (χ2v) is 2.66. The molecular weight excluding hydrogens is 116 g/mol. The van der Waals surface area contributed by atoms with E-state index in [1.54, 1.807) is 11.3 Å². The smallest absolute Gasteiger partial charge is 0.00613 e. The lowest BCUT2D eigenvalue weighted by Gasteiger charge is -1.86. The van der Waals surface area contributed by atoms with Crippen LogP contribution in [0.5, 0.6) is 0 Å². The zero-order valence-electron chi connectivity index (χ0n) is 5.05.